The number of aromatic hydroxyl groups is 1. The average molecular weight is 406 g/mol. The zero-order chi connectivity index (χ0) is 21.1. The number of carbonyl (C=O) groups excluding carboxylic acids is 1. The van der Waals surface area contributed by atoms with Gasteiger partial charge in [-0.2, -0.15) is 4.39 Å². The van der Waals surface area contributed by atoms with Gasteiger partial charge in [-0.25, -0.2) is 8.78 Å². The van der Waals surface area contributed by atoms with Gasteiger partial charge in [0.2, 0.25) is 5.82 Å². The highest BCUT2D eigenvalue weighted by Crippen LogP contribution is 2.38. The van der Waals surface area contributed by atoms with E-state index in [2.05, 4.69) is 6.92 Å². The van der Waals surface area contributed by atoms with Gasteiger partial charge in [0.1, 0.15) is 0 Å². The third-order valence-corrected chi connectivity index (χ3v) is 5.68. The summed E-state index contributed by atoms with van der Waals surface area (Å²) in [6.45, 7) is 4.01. The van der Waals surface area contributed by atoms with Crippen LogP contribution in [0.5, 0.6) is 11.5 Å². The maximum Gasteiger partial charge on any atom is 0.207 e. The van der Waals surface area contributed by atoms with Crippen molar-refractivity contribution in [2.75, 3.05) is 6.61 Å². The molecule has 1 aliphatic rings. The first-order chi connectivity index (χ1) is 13.8. The van der Waals surface area contributed by atoms with Gasteiger partial charge in [-0.1, -0.05) is 31.9 Å². The minimum atomic E-state index is -1.06. The Morgan fingerprint density at radius 1 is 1.03 bits per heavy atom. The normalized spacial score (nSPS) is 19.2. The molecule has 1 fully saturated rings. The van der Waals surface area contributed by atoms with Crippen LogP contribution in [0.1, 0.15) is 66.9 Å². The molecule has 0 radical (unpaired) electrons. The summed E-state index contributed by atoms with van der Waals surface area (Å²) in [7, 11) is 0. The minimum absolute atomic E-state index is 0.0188. The number of ketones is 1. The summed E-state index contributed by atoms with van der Waals surface area (Å²) in [5.41, 5.74) is -0.0641. The van der Waals surface area contributed by atoms with E-state index in [0.29, 0.717) is 11.5 Å². The molecule has 1 aliphatic carbocycles. The van der Waals surface area contributed by atoms with Crippen LogP contribution in [-0.4, -0.2) is 17.5 Å². The Balaban J connectivity index is 1.81. The molecule has 3 rings (SSSR count). The van der Waals surface area contributed by atoms with E-state index in [1.165, 1.54) is 18.2 Å². The molecule has 6 heteroatoms. The highest BCUT2D eigenvalue weighted by molar-refractivity contribution is 6.00. The van der Waals surface area contributed by atoms with E-state index < -0.39 is 35.4 Å². The quantitative estimate of drug-likeness (QED) is 0.605. The van der Waals surface area contributed by atoms with Crippen LogP contribution in [0.15, 0.2) is 24.3 Å². The largest absolute Gasteiger partial charge is 0.504 e. The minimum Gasteiger partial charge on any atom is -0.504 e. The fourth-order valence-electron chi connectivity index (χ4n) is 3.93. The van der Waals surface area contributed by atoms with E-state index in [9.17, 15) is 23.1 Å². The number of carbonyl (C=O) groups is 1. The molecule has 0 amide bonds. The Morgan fingerprint density at radius 3 is 2.38 bits per heavy atom. The van der Waals surface area contributed by atoms with Crippen LogP contribution in [0, 0.1) is 23.4 Å². The Labute approximate surface area is 168 Å². The average Bonchev–Trinajstić information content (AvgIpc) is 2.70. The van der Waals surface area contributed by atoms with E-state index in [0.717, 1.165) is 25.7 Å². The third kappa shape index (κ3) is 4.41. The molecule has 1 N–H and O–H groups in total. The first-order valence-electron chi connectivity index (χ1n) is 9.97. The van der Waals surface area contributed by atoms with Crippen molar-refractivity contribution in [2.45, 2.75) is 51.9 Å². The number of halogens is 3. The van der Waals surface area contributed by atoms with Crippen LogP contribution < -0.4 is 4.74 Å². The maximum atomic E-state index is 14.7. The lowest BCUT2D eigenvalue weighted by atomic mass is 9.79. The van der Waals surface area contributed by atoms with Crippen molar-refractivity contribution in [1.82, 2.24) is 0 Å². The molecular formula is C23H25F3O3. The van der Waals surface area contributed by atoms with Crippen molar-refractivity contribution < 1.29 is 27.8 Å². The van der Waals surface area contributed by atoms with E-state index in [1.54, 1.807) is 13.0 Å². The first kappa shape index (κ1) is 21.2. The molecule has 2 aromatic rings. The fourth-order valence-corrected chi connectivity index (χ4v) is 3.93. The van der Waals surface area contributed by atoms with Gasteiger partial charge < -0.3 is 9.84 Å². The zero-order valence-electron chi connectivity index (χ0n) is 16.6. The maximum absolute atomic E-state index is 14.7. The number of Topliss-reactive ketones (excluding diaryl/α,β-unsaturated/α-hetero) is 1. The molecule has 0 spiro atoms. The zero-order valence-corrected chi connectivity index (χ0v) is 16.6. The fraction of sp³-hybridized carbons (Fsp3) is 0.435. The second-order valence-electron chi connectivity index (χ2n) is 7.71. The summed E-state index contributed by atoms with van der Waals surface area (Å²) >= 11 is 0. The lowest BCUT2D eigenvalue weighted by Crippen LogP contribution is -2.14. The Morgan fingerprint density at radius 2 is 1.72 bits per heavy atom. The van der Waals surface area contributed by atoms with Crippen LogP contribution in [-0.2, 0) is 6.42 Å². The van der Waals surface area contributed by atoms with Gasteiger partial charge in [0.05, 0.1) is 12.2 Å². The molecule has 0 bridgehead atoms. The topological polar surface area (TPSA) is 46.5 Å². The molecule has 29 heavy (non-hydrogen) atoms. The van der Waals surface area contributed by atoms with Gasteiger partial charge in [0, 0.05) is 6.42 Å². The van der Waals surface area contributed by atoms with Crippen molar-refractivity contribution in [2.24, 2.45) is 5.92 Å². The molecule has 0 heterocycles. The Bertz CT molecular complexity index is 903. The summed E-state index contributed by atoms with van der Waals surface area (Å²) in [6.07, 6.45) is 3.11. The molecule has 0 saturated heterocycles. The second kappa shape index (κ2) is 8.89. The SMILES string of the molecule is CCOc1ccc(C(=O)Cc2ccc(C3CCC(C)CC3)c(F)c2F)c(O)c1F. The number of hydrogen-bond acceptors (Lipinski definition) is 3. The molecule has 0 atom stereocenters. The lowest BCUT2D eigenvalue weighted by molar-refractivity contribution is 0.0988. The molecule has 1 saturated carbocycles. The van der Waals surface area contributed by atoms with Gasteiger partial charge in [0.15, 0.2) is 28.9 Å². The van der Waals surface area contributed by atoms with Crippen molar-refractivity contribution in [3.05, 3.63) is 58.4 Å². The molecule has 0 aromatic heterocycles. The first-order valence-corrected chi connectivity index (χ1v) is 9.97. The number of rotatable bonds is 6. The smallest absolute Gasteiger partial charge is 0.207 e. The van der Waals surface area contributed by atoms with Gasteiger partial charge in [-0.3, -0.25) is 4.79 Å². The summed E-state index contributed by atoms with van der Waals surface area (Å²) < 4.78 is 48.4. The van der Waals surface area contributed by atoms with Crippen molar-refractivity contribution in [3.8, 4) is 11.5 Å². The van der Waals surface area contributed by atoms with Gasteiger partial charge in [-0.15, -0.1) is 0 Å². The van der Waals surface area contributed by atoms with Crippen molar-refractivity contribution in [3.63, 3.8) is 0 Å². The number of ether oxygens (including phenoxy) is 1. The molecule has 156 valence electrons. The van der Waals surface area contributed by atoms with Crippen LogP contribution in [0.2, 0.25) is 0 Å². The number of hydrogen-bond donors (Lipinski definition) is 1. The number of phenols is 1. The Hall–Kier alpha value is -2.50. The predicted molar refractivity (Wildman–Crippen MR) is 104 cm³/mol. The predicted octanol–water partition coefficient (Wildman–Crippen LogP) is 5.93. The number of benzene rings is 2. The lowest BCUT2D eigenvalue weighted by Gasteiger charge is -2.27. The monoisotopic (exact) mass is 406 g/mol. The summed E-state index contributed by atoms with van der Waals surface area (Å²) in [6, 6.07) is 5.40. The third-order valence-electron chi connectivity index (χ3n) is 5.68. The summed E-state index contributed by atoms with van der Waals surface area (Å²) in [4.78, 5) is 12.5. The Kier molecular flexibility index (Phi) is 6.50. The van der Waals surface area contributed by atoms with Gasteiger partial charge in [0.25, 0.3) is 0 Å². The van der Waals surface area contributed by atoms with E-state index in [-0.39, 0.29) is 29.4 Å². The van der Waals surface area contributed by atoms with Crippen LogP contribution >= 0.6 is 0 Å². The van der Waals surface area contributed by atoms with E-state index in [1.807, 2.05) is 0 Å². The highest BCUT2D eigenvalue weighted by Gasteiger charge is 2.26. The van der Waals surface area contributed by atoms with Crippen LogP contribution in [0.3, 0.4) is 0 Å². The van der Waals surface area contributed by atoms with Gasteiger partial charge in [-0.05, 0) is 54.9 Å². The number of phenolic OH excluding ortho intramolecular Hbond substituents is 1. The molecule has 0 unspecified atom stereocenters. The van der Waals surface area contributed by atoms with Crippen LogP contribution in [0.25, 0.3) is 0 Å². The summed E-state index contributed by atoms with van der Waals surface area (Å²) in [5, 5.41) is 9.97. The van der Waals surface area contributed by atoms with E-state index in [4.69, 9.17) is 4.74 Å². The van der Waals surface area contributed by atoms with Gasteiger partial charge >= 0.3 is 0 Å². The van der Waals surface area contributed by atoms with E-state index >= 15 is 0 Å². The molecular weight excluding hydrogens is 381 g/mol. The molecule has 0 aliphatic heterocycles. The molecule has 2 aromatic carbocycles. The standard InChI is InChI=1S/C23H25F3O3/c1-3-29-19-11-10-17(23(28)22(19)26)18(27)12-15-8-9-16(21(25)20(15)24)14-6-4-13(2)5-7-14/h8-11,13-14,28H,3-7,12H2,1-2H3. The summed E-state index contributed by atoms with van der Waals surface area (Å²) in [5.74, 6) is -4.18. The highest BCUT2D eigenvalue weighted by atomic mass is 19.2. The van der Waals surface area contributed by atoms with Crippen molar-refractivity contribution in [1.29, 1.82) is 0 Å². The molecule has 3 nitrogen and oxygen atoms in total. The van der Waals surface area contributed by atoms with Crippen molar-refractivity contribution >= 4 is 5.78 Å². The second-order valence-corrected chi connectivity index (χ2v) is 7.71. The van der Waals surface area contributed by atoms with Crippen LogP contribution in [0.4, 0.5) is 13.2 Å².